The Morgan fingerprint density at radius 3 is 2.67 bits per heavy atom. The lowest BCUT2D eigenvalue weighted by Crippen LogP contribution is -2.38. The van der Waals surface area contributed by atoms with Crippen molar-refractivity contribution in [1.29, 1.82) is 0 Å². The zero-order chi connectivity index (χ0) is 19.8. The van der Waals surface area contributed by atoms with Crippen LogP contribution in [0, 0.1) is 5.41 Å². The summed E-state index contributed by atoms with van der Waals surface area (Å²) < 4.78 is 48.0. The van der Waals surface area contributed by atoms with Gasteiger partial charge in [0.2, 0.25) is 11.7 Å². The zero-order valence-electron chi connectivity index (χ0n) is 15.2. The first-order chi connectivity index (χ1) is 12.5. The molecular formula is C18H20F3N3O3. The number of benzene rings is 1. The van der Waals surface area contributed by atoms with E-state index in [1.54, 1.807) is 29.2 Å². The molecule has 1 aromatic carbocycles. The van der Waals surface area contributed by atoms with Crippen LogP contribution in [-0.2, 0) is 11.0 Å². The number of hydrogen-bond acceptors (Lipinski definition) is 5. The molecule has 6 nitrogen and oxygen atoms in total. The first kappa shape index (κ1) is 19.2. The van der Waals surface area contributed by atoms with Crippen LogP contribution in [-0.4, -0.2) is 40.1 Å². The van der Waals surface area contributed by atoms with Gasteiger partial charge < -0.3 is 14.2 Å². The first-order valence-corrected chi connectivity index (χ1v) is 8.51. The third-order valence-corrected chi connectivity index (χ3v) is 4.14. The molecule has 1 saturated heterocycles. The number of ether oxygens (including phenoxy) is 1. The highest BCUT2D eigenvalue weighted by Crippen LogP contribution is 2.31. The minimum atomic E-state index is -4.69. The number of nitrogens with zero attached hydrogens (tertiary/aromatic N) is 3. The molecule has 0 saturated carbocycles. The summed E-state index contributed by atoms with van der Waals surface area (Å²) >= 11 is 0. The third kappa shape index (κ3) is 4.40. The molecule has 2 heterocycles. The van der Waals surface area contributed by atoms with E-state index >= 15 is 0 Å². The van der Waals surface area contributed by atoms with Crippen LogP contribution >= 0.6 is 0 Å². The molecule has 146 valence electrons. The van der Waals surface area contributed by atoms with Crippen molar-refractivity contribution >= 4 is 5.91 Å². The monoisotopic (exact) mass is 383 g/mol. The summed E-state index contributed by atoms with van der Waals surface area (Å²) in [5.74, 6) is -1.02. The van der Waals surface area contributed by atoms with Gasteiger partial charge in [-0.05, 0) is 12.1 Å². The predicted octanol–water partition coefficient (Wildman–Crippen LogP) is 3.78. The van der Waals surface area contributed by atoms with E-state index in [0.717, 1.165) is 0 Å². The Morgan fingerprint density at radius 1 is 1.30 bits per heavy atom. The van der Waals surface area contributed by atoms with Crippen LogP contribution in [0.1, 0.15) is 33.1 Å². The van der Waals surface area contributed by atoms with Crippen LogP contribution in [0.3, 0.4) is 0 Å². The summed E-state index contributed by atoms with van der Waals surface area (Å²) in [6, 6.07) is 6.46. The van der Waals surface area contributed by atoms with E-state index in [0.29, 0.717) is 30.8 Å². The van der Waals surface area contributed by atoms with Crippen LogP contribution in [0.4, 0.5) is 13.2 Å². The van der Waals surface area contributed by atoms with Crippen LogP contribution in [0.5, 0.6) is 5.75 Å². The van der Waals surface area contributed by atoms with Gasteiger partial charge in [0, 0.05) is 23.9 Å². The average Bonchev–Trinajstić information content (AvgIpc) is 3.22. The fourth-order valence-electron chi connectivity index (χ4n) is 2.84. The van der Waals surface area contributed by atoms with Gasteiger partial charge >= 0.3 is 12.1 Å². The molecule has 0 radical (unpaired) electrons. The maximum Gasteiger partial charge on any atom is 0.471 e. The fraction of sp³-hybridized carbons (Fsp3) is 0.500. The van der Waals surface area contributed by atoms with E-state index in [-0.39, 0.29) is 17.8 Å². The van der Waals surface area contributed by atoms with E-state index in [2.05, 4.69) is 14.7 Å². The number of alkyl halides is 3. The van der Waals surface area contributed by atoms with Crippen LogP contribution in [0.15, 0.2) is 28.8 Å². The van der Waals surface area contributed by atoms with Gasteiger partial charge in [-0.15, -0.1) is 0 Å². The number of rotatable bonds is 3. The molecule has 1 amide bonds. The summed E-state index contributed by atoms with van der Waals surface area (Å²) in [6.07, 6.45) is -4.18. The molecule has 1 aliphatic heterocycles. The number of likely N-dealkylation sites (tertiary alicyclic amines) is 1. The highest BCUT2D eigenvalue weighted by molar-refractivity contribution is 5.81. The van der Waals surface area contributed by atoms with E-state index < -0.39 is 17.5 Å². The van der Waals surface area contributed by atoms with Crippen molar-refractivity contribution in [2.24, 2.45) is 5.41 Å². The molecule has 2 aromatic rings. The molecule has 1 aliphatic rings. The first-order valence-electron chi connectivity index (χ1n) is 8.51. The minimum Gasteiger partial charge on any atom is -0.488 e. The topological polar surface area (TPSA) is 68.5 Å². The number of hydrogen-bond donors (Lipinski definition) is 0. The Balaban J connectivity index is 1.68. The summed E-state index contributed by atoms with van der Waals surface area (Å²) in [7, 11) is 0. The molecule has 1 fully saturated rings. The lowest BCUT2D eigenvalue weighted by atomic mass is 9.95. The normalized spacial score (nSPS) is 18.0. The smallest absolute Gasteiger partial charge is 0.471 e. The lowest BCUT2D eigenvalue weighted by molar-refractivity contribution is -0.159. The number of carbonyl (C=O) groups is 1. The second-order valence-electron chi connectivity index (χ2n) is 7.48. The van der Waals surface area contributed by atoms with Crippen LogP contribution < -0.4 is 4.74 Å². The van der Waals surface area contributed by atoms with Crippen molar-refractivity contribution in [3.63, 3.8) is 0 Å². The van der Waals surface area contributed by atoms with Crippen molar-refractivity contribution in [1.82, 2.24) is 15.0 Å². The molecule has 0 bridgehead atoms. The Labute approximate surface area is 154 Å². The largest absolute Gasteiger partial charge is 0.488 e. The van der Waals surface area contributed by atoms with Gasteiger partial charge in [-0.2, -0.15) is 18.2 Å². The number of halogens is 3. The summed E-state index contributed by atoms with van der Waals surface area (Å²) in [5.41, 5.74) is -0.101. The van der Waals surface area contributed by atoms with Gasteiger partial charge in [0.25, 0.3) is 0 Å². The lowest BCUT2D eigenvalue weighted by Gasteiger charge is -2.25. The van der Waals surface area contributed by atoms with E-state index in [4.69, 9.17) is 4.74 Å². The number of amides is 1. The third-order valence-electron chi connectivity index (χ3n) is 4.14. The predicted molar refractivity (Wildman–Crippen MR) is 89.8 cm³/mol. The minimum absolute atomic E-state index is 0.0637. The van der Waals surface area contributed by atoms with Crippen molar-refractivity contribution < 1.29 is 27.2 Å². The molecule has 9 heteroatoms. The van der Waals surface area contributed by atoms with E-state index in [9.17, 15) is 18.0 Å². The van der Waals surface area contributed by atoms with Crippen molar-refractivity contribution in [2.75, 3.05) is 13.1 Å². The second kappa shape index (κ2) is 6.86. The second-order valence-corrected chi connectivity index (χ2v) is 7.48. The Kier molecular flexibility index (Phi) is 4.88. The summed E-state index contributed by atoms with van der Waals surface area (Å²) in [5, 5.41) is 3.37. The zero-order valence-corrected chi connectivity index (χ0v) is 15.2. The highest BCUT2D eigenvalue weighted by atomic mass is 19.4. The molecular weight excluding hydrogens is 363 g/mol. The van der Waals surface area contributed by atoms with Crippen LogP contribution in [0.25, 0.3) is 11.4 Å². The van der Waals surface area contributed by atoms with Gasteiger partial charge in [-0.25, -0.2) is 0 Å². The molecule has 27 heavy (non-hydrogen) atoms. The fourth-order valence-corrected chi connectivity index (χ4v) is 2.84. The molecule has 0 unspecified atom stereocenters. The summed E-state index contributed by atoms with van der Waals surface area (Å²) in [6.45, 7) is 6.69. The van der Waals surface area contributed by atoms with Crippen molar-refractivity contribution in [3.8, 4) is 17.1 Å². The Morgan fingerprint density at radius 2 is 2.04 bits per heavy atom. The molecule has 1 atom stereocenters. The van der Waals surface area contributed by atoms with Gasteiger partial charge in [0.15, 0.2) is 0 Å². The average molecular weight is 383 g/mol. The molecule has 3 rings (SSSR count). The quantitative estimate of drug-likeness (QED) is 0.807. The van der Waals surface area contributed by atoms with Crippen LogP contribution in [0.2, 0.25) is 0 Å². The molecule has 0 N–H and O–H groups in total. The highest BCUT2D eigenvalue weighted by Gasteiger charge is 2.38. The molecule has 0 aliphatic carbocycles. The van der Waals surface area contributed by atoms with Gasteiger partial charge in [-0.3, -0.25) is 4.79 Å². The van der Waals surface area contributed by atoms with Crippen molar-refractivity contribution in [3.05, 3.63) is 30.2 Å². The number of carbonyl (C=O) groups excluding carboxylic acids is 1. The van der Waals surface area contributed by atoms with Crippen molar-refractivity contribution in [2.45, 2.75) is 39.5 Å². The maximum absolute atomic E-state index is 12.6. The van der Waals surface area contributed by atoms with Gasteiger partial charge in [0.1, 0.15) is 11.9 Å². The molecule has 1 aromatic heterocycles. The Bertz CT molecular complexity index is 827. The summed E-state index contributed by atoms with van der Waals surface area (Å²) in [4.78, 5) is 17.5. The number of aromatic nitrogens is 2. The maximum atomic E-state index is 12.6. The SMILES string of the molecule is CC(C)(C)C(=O)N1CC[C@@H](Oc2cccc(-c3noc(C(F)(F)F)n3)c2)C1. The molecule has 0 spiro atoms. The van der Waals surface area contributed by atoms with Gasteiger partial charge in [-0.1, -0.05) is 38.1 Å². The van der Waals surface area contributed by atoms with E-state index in [1.807, 2.05) is 20.8 Å². The standard InChI is InChI=1S/C18H20F3N3O3/c1-17(2,3)16(25)24-8-7-13(10-24)26-12-6-4-5-11(9-12)14-22-15(27-23-14)18(19,20)21/h4-6,9,13H,7-8,10H2,1-3H3/t13-/m1/s1. The Hall–Kier alpha value is -2.58. The van der Waals surface area contributed by atoms with E-state index in [1.165, 1.54) is 0 Å². The van der Waals surface area contributed by atoms with Gasteiger partial charge in [0.05, 0.1) is 6.54 Å².